The Morgan fingerprint density at radius 1 is 1.14 bits per heavy atom. The number of nitrogens with one attached hydrogen (secondary N) is 1. The second kappa shape index (κ2) is 9.55. The molecule has 36 heavy (non-hydrogen) atoms. The number of hydrogen-bond donors (Lipinski definition) is 2. The van der Waals surface area contributed by atoms with Crippen LogP contribution in [-0.4, -0.2) is 61.8 Å². The Balaban J connectivity index is 1.24. The largest absolute Gasteiger partial charge is 0.507 e. The number of aromatic nitrogens is 4. The van der Waals surface area contributed by atoms with Crippen LogP contribution in [0, 0.1) is 5.95 Å². The van der Waals surface area contributed by atoms with Crippen molar-refractivity contribution < 1.29 is 18.0 Å². The minimum atomic E-state index is -2.37. The fourth-order valence-electron chi connectivity index (χ4n) is 5.51. The average Bonchev–Trinajstić information content (AvgIpc) is 3.72. The van der Waals surface area contributed by atoms with E-state index >= 15 is 4.39 Å². The molecule has 1 aliphatic carbocycles. The van der Waals surface area contributed by atoms with Crippen molar-refractivity contribution >= 4 is 17.7 Å². The van der Waals surface area contributed by atoms with Crippen molar-refractivity contribution in [2.45, 2.75) is 73.9 Å². The molecule has 0 unspecified atom stereocenters. The molecule has 4 atom stereocenters. The van der Waals surface area contributed by atoms with E-state index in [0.717, 1.165) is 32.1 Å². The number of anilines is 1. The van der Waals surface area contributed by atoms with Crippen molar-refractivity contribution in [3.63, 3.8) is 0 Å². The molecule has 3 aromatic rings. The number of phenolic OH excluding ortho intramolecular Hbond substituents is 1. The molecule has 1 saturated carbocycles. The van der Waals surface area contributed by atoms with Gasteiger partial charge in [-0.05, 0) is 67.6 Å². The number of rotatable bonds is 6. The van der Waals surface area contributed by atoms with Crippen LogP contribution in [0.2, 0.25) is 0 Å². The molecule has 10 heteroatoms. The molecule has 2 aliphatic heterocycles. The maximum atomic E-state index is 15.5. The smallest absolute Gasteiger partial charge is 0.245 e. The fourth-order valence-corrected chi connectivity index (χ4v) is 5.83. The van der Waals surface area contributed by atoms with Gasteiger partial charge in [-0.25, -0.2) is 14.4 Å². The molecule has 2 aromatic heterocycles. The molecule has 0 radical (unpaired) electrons. The maximum Gasteiger partial charge on any atom is 0.245 e. The van der Waals surface area contributed by atoms with E-state index in [-0.39, 0.29) is 28.9 Å². The van der Waals surface area contributed by atoms with E-state index in [9.17, 15) is 9.50 Å². The number of piperidine rings is 2. The highest BCUT2D eigenvalue weighted by Gasteiger charge is 2.47. The van der Waals surface area contributed by atoms with Crippen molar-refractivity contribution in [3.05, 3.63) is 42.5 Å². The van der Waals surface area contributed by atoms with Gasteiger partial charge in [-0.1, -0.05) is 12.5 Å². The van der Waals surface area contributed by atoms with Gasteiger partial charge in [-0.2, -0.15) is 4.39 Å². The summed E-state index contributed by atoms with van der Waals surface area (Å²) in [6.45, 7) is 0. The molecule has 4 heterocycles. The standard InChI is InChI=1S/C26H28F2N6OS/c1-36-24-11-15(10-23(27)31-24)14-5-8-18(22(35)9-14)20-13-29-26(33-32-20)34(17-6-7-17)21-12-16-3-2-4-19(30-16)25(21)28/h5,8-11,13,16-17,19,21,25,30,35H,2-4,6-7,12H2,1H3/t16-,19-,21+,25-/m0/s1/i1D3. The van der Waals surface area contributed by atoms with Gasteiger partial charge in [0.15, 0.2) is 0 Å². The summed E-state index contributed by atoms with van der Waals surface area (Å²) in [5.41, 5.74) is 1.59. The van der Waals surface area contributed by atoms with Gasteiger partial charge in [-0.3, -0.25) is 0 Å². The number of alkyl halides is 1. The zero-order chi connectivity index (χ0) is 27.3. The average molecular weight is 514 g/mol. The normalized spacial score (nSPS) is 27.1. The number of halogens is 2. The SMILES string of the molecule is [2H]C([2H])([2H])Sc1cc(-c2ccc(-c3cnc(N(C4CC4)[C@@H]4C[C@@H]5CCC[C@H](N5)[C@@H]4F)nn3)c(O)c2)cc(F)n1. The third kappa shape index (κ3) is 4.52. The van der Waals surface area contributed by atoms with Crippen LogP contribution in [0.15, 0.2) is 41.6 Å². The number of thioether (sulfide) groups is 1. The van der Waals surface area contributed by atoms with Gasteiger partial charge in [0.2, 0.25) is 11.9 Å². The lowest BCUT2D eigenvalue weighted by atomic mass is 9.82. The van der Waals surface area contributed by atoms with Gasteiger partial charge >= 0.3 is 0 Å². The zero-order valence-corrected chi connectivity index (χ0v) is 20.3. The van der Waals surface area contributed by atoms with Crippen molar-refractivity contribution in [2.24, 2.45) is 0 Å². The van der Waals surface area contributed by atoms with Gasteiger partial charge in [0.05, 0.1) is 17.3 Å². The minimum Gasteiger partial charge on any atom is -0.507 e. The van der Waals surface area contributed by atoms with Crippen LogP contribution in [0.4, 0.5) is 14.7 Å². The van der Waals surface area contributed by atoms with Crippen LogP contribution in [0.3, 0.4) is 0 Å². The molecule has 2 bridgehead atoms. The van der Waals surface area contributed by atoms with Gasteiger partial charge < -0.3 is 15.3 Å². The van der Waals surface area contributed by atoms with Crippen LogP contribution in [0.5, 0.6) is 5.75 Å². The number of pyridine rings is 1. The molecule has 188 valence electrons. The van der Waals surface area contributed by atoms with E-state index in [4.69, 9.17) is 4.11 Å². The zero-order valence-electron chi connectivity index (χ0n) is 22.4. The molecule has 3 aliphatic rings. The Hall–Kier alpha value is -2.85. The molecule has 3 fully saturated rings. The van der Waals surface area contributed by atoms with Crippen LogP contribution >= 0.6 is 11.8 Å². The van der Waals surface area contributed by atoms with E-state index in [1.165, 1.54) is 24.4 Å². The molecular formula is C26H28F2N6OS. The molecule has 7 nitrogen and oxygen atoms in total. The Kier molecular flexibility index (Phi) is 5.37. The van der Waals surface area contributed by atoms with Crippen molar-refractivity contribution in [3.8, 4) is 28.1 Å². The molecule has 0 spiro atoms. The van der Waals surface area contributed by atoms with Crippen LogP contribution in [0.25, 0.3) is 22.4 Å². The summed E-state index contributed by atoms with van der Waals surface area (Å²) < 4.78 is 51.7. The Bertz CT molecular complexity index is 1360. The van der Waals surface area contributed by atoms with E-state index in [0.29, 0.717) is 52.6 Å². The first kappa shape index (κ1) is 20.2. The molecular weight excluding hydrogens is 482 g/mol. The van der Waals surface area contributed by atoms with Crippen molar-refractivity contribution in [1.82, 2.24) is 25.5 Å². The molecule has 6 rings (SSSR count). The number of hydrogen-bond acceptors (Lipinski definition) is 8. The van der Waals surface area contributed by atoms with Gasteiger partial charge in [0, 0.05) is 33.9 Å². The fraction of sp³-hybridized carbons (Fsp3) is 0.462. The predicted molar refractivity (Wildman–Crippen MR) is 135 cm³/mol. The van der Waals surface area contributed by atoms with Crippen LogP contribution in [-0.2, 0) is 0 Å². The second-order valence-electron chi connectivity index (χ2n) is 9.78. The van der Waals surface area contributed by atoms with E-state index in [1.54, 1.807) is 12.1 Å². The van der Waals surface area contributed by atoms with Crippen molar-refractivity contribution in [2.75, 3.05) is 11.1 Å². The number of fused-ring (bicyclic) bond motifs is 2. The predicted octanol–water partition coefficient (Wildman–Crippen LogP) is 4.76. The minimum absolute atomic E-state index is 0.0207. The van der Waals surface area contributed by atoms with Crippen LogP contribution in [0.1, 0.15) is 42.6 Å². The molecule has 2 N–H and O–H groups in total. The van der Waals surface area contributed by atoms with Gasteiger partial charge in [-0.15, -0.1) is 22.0 Å². The number of benzene rings is 1. The number of aromatic hydroxyl groups is 1. The summed E-state index contributed by atoms with van der Waals surface area (Å²) in [5, 5.41) is 22.9. The first-order valence-corrected chi connectivity index (χ1v) is 13.0. The highest BCUT2D eigenvalue weighted by Crippen LogP contribution is 2.39. The van der Waals surface area contributed by atoms with Crippen LogP contribution < -0.4 is 10.2 Å². The molecule has 2 saturated heterocycles. The van der Waals surface area contributed by atoms with E-state index in [1.807, 2.05) is 4.90 Å². The topological polar surface area (TPSA) is 87.1 Å². The summed E-state index contributed by atoms with van der Waals surface area (Å²) in [4.78, 5) is 10.2. The van der Waals surface area contributed by atoms with Crippen molar-refractivity contribution in [1.29, 1.82) is 0 Å². The van der Waals surface area contributed by atoms with E-state index < -0.39 is 18.3 Å². The number of nitrogens with zero attached hydrogens (tertiary/aromatic N) is 5. The third-order valence-electron chi connectivity index (χ3n) is 7.36. The Labute approximate surface area is 217 Å². The lowest BCUT2D eigenvalue weighted by Crippen LogP contribution is -2.62. The van der Waals surface area contributed by atoms with Gasteiger partial charge in [0.25, 0.3) is 0 Å². The maximum absolute atomic E-state index is 15.5. The lowest BCUT2D eigenvalue weighted by molar-refractivity contribution is 0.103. The Morgan fingerprint density at radius 2 is 2.03 bits per heavy atom. The summed E-state index contributed by atoms with van der Waals surface area (Å²) in [5.74, 6) is -0.536. The first-order chi connectivity index (χ1) is 18.6. The third-order valence-corrected chi connectivity index (χ3v) is 7.77. The highest BCUT2D eigenvalue weighted by atomic mass is 32.2. The van der Waals surface area contributed by atoms with E-state index in [2.05, 4.69) is 25.5 Å². The van der Waals surface area contributed by atoms with Gasteiger partial charge in [0.1, 0.15) is 17.6 Å². The summed E-state index contributed by atoms with van der Waals surface area (Å²) in [6, 6.07) is 7.46. The Morgan fingerprint density at radius 3 is 2.78 bits per heavy atom. The monoisotopic (exact) mass is 513 g/mol. The second-order valence-corrected chi connectivity index (χ2v) is 10.4. The lowest BCUT2D eigenvalue weighted by Gasteiger charge is -2.46. The molecule has 1 aromatic carbocycles. The first-order valence-electron chi connectivity index (χ1n) is 13.7. The highest BCUT2D eigenvalue weighted by molar-refractivity contribution is 7.98. The quantitative estimate of drug-likeness (QED) is 0.361. The number of phenols is 1. The summed E-state index contributed by atoms with van der Waals surface area (Å²) >= 11 is 0.482. The summed E-state index contributed by atoms with van der Waals surface area (Å²) in [7, 11) is 0. The summed E-state index contributed by atoms with van der Waals surface area (Å²) in [6.07, 6.45) is 3.76. The molecule has 0 amide bonds.